The SMILES string of the molecule is CCCC[C@H](NC(C)=O)C(=O)N[C@H]1CCC(=O)CCCCC[C@@H](C(N)=O)NC(=O)[C@H](Cc2c[nH]c3ccccc23)NC(=O)[C@H](CCCN=C(N)N)NC(=O)[C@@H](Cc2ccccc2)NC(=O)[C@@H]2C[C@@H](O)CN2C1=O. The van der Waals surface area contributed by atoms with Crippen molar-refractivity contribution in [1.82, 2.24) is 41.8 Å². The standard InChI is InChI=1S/C51H72N12O10/c1-3-4-18-38(57-30(2)64)45(68)60-40-23-22-33(65)16-9-6-10-20-37(44(52)67)58-48(71)42(26-32-28-56-36-19-12-11-17-35(32)36)61-46(69)39(21-13-24-55-51(53)54)59-47(70)41(25-31-14-7-5-8-15-31)62-49(72)43-27-34(66)29-63(43)50(40)73/h5,7-8,11-12,14-15,17,19,28,34,37-43,56,66H,3-4,6,9-10,13,16,18,20-27,29H2,1-2H3,(H2,52,67)(H,57,64)(H,58,71)(H,59,70)(H,60,68)(H,61,69)(H,62,72)(H4,53,54,55)/t34-,37+,38+,39+,40+,41-,42+,43+/m1/s1. The first kappa shape index (κ1) is 56.6. The number of nitrogens with two attached hydrogens (primary N) is 3. The first-order chi connectivity index (χ1) is 34.9. The summed E-state index contributed by atoms with van der Waals surface area (Å²) in [7, 11) is 0. The van der Waals surface area contributed by atoms with Crippen molar-refractivity contribution in [2.24, 2.45) is 22.2 Å². The van der Waals surface area contributed by atoms with Gasteiger partial charge in [-0.2, -0.15) is 0 Å². The molecule has 22 heteroatoms. The number of aromatic amines is 1. The van der Waals surface area contributed by atoms with Gasteiger partial charge in [0, 0.05) is 69.2 Å². The van der Waals surface area contributed by atoms with E-state index in [1.165, 1.54) is 6.92 Å². The quantitative estimate of drug-likeness (QED) is 0.0540. The number of para-hydroxylation sites is 1. The summed E-state index contributed by atoms with van der Waals surface area (Å²) in [5.41, 5.74) is 19.0. The van der Waals surface area contributed by atoms with E-state index >= 15 is 0 Å². The van der Waals surface area contributed by atoms with Crippen LogP contribution in [0.15, 0.2) is 65.8 Å². The van der Waals surface area contributed by atoms with E-state index in [0.717, 1.165) is 15.8 Å². The molecule has 2 aliphatic heterocycles. The van der Waals surface area contributed by atoms with Crippen LogP contribution in [-0.4, -0.2) is 135 Å². The van der Waals surface area contributed by atoms with Crippen LogP contribution in [0.5, 0.6) is 0 Å². The Bertz CT molecular complexity index is 2440. The third-order valence-electron chi connectivity index (χ3n) is 13.1. The molecule has 5 rings (SSSR count). The van der Waals surface area contributed by atoms with E-state index in [1.807, 2.05) is 31.2 Å². The molecule has 14 N–H and O–H groups in total. The highest BCUT2D eigenvalue weighted by molar-refractivity contribution is 5.98. The van der Waals surface area contributed by atoms with E-state index in [9.17, 15) is 48.3 Å². The highest BCUT2D eigenvalue weighted by Crippen LogP contribution is 2.23. The van der Waals surface area contributed by atoms with Crippen LogP contribution in [0, 0.1) is 0 Å². The smallest absolute Gasteiger partial charge is 0.245 e. The van der Waals surface area contributed by atoms with Crippen LogP contribution in [0.25, 0.3) is 10.9 Å². The predicted octanol–water partition coefficient (Wildman–Crippen LogP) is -0.114. The molecule has 0 bridgehead atoms. The molecule has 8 atom stereocenters. The molecule has 8 amide bonds. The Kier molecular flexibility index (Phi) is 21.7. The Morgan fingerprint density at radius 1 is 0.795 bits per heavy atom. The fourth-order valence-electron chi connectivity index (χ4n) is 9.17. The summed E-state index contributed by atoms with van der Waals surface area (Å²) in [6.07, 6.45) is 2.93. The zero-order valence-electron chi connectivity index (χ0n) is 41.7. The molecule has 22 nitrogen and oxygen atoms in total. The number of benzene rings is 2. The van der Waals surface area contributed by atoms with Crippen LogP contribution in [-0.2, 0) is 56.0 Å². The fraction of sp³-hybridized carbons (Fsp3) is 0.529. The van der Waals surface area contributed by atoms with Crippen LogP contribution in [0.3, 0.4) is 0 Å². The summed E-state index contributed by atoms with van der Waals surface area (Å²) in [5.74, 6) is -6.26. The maximum atomic E-state index is 14.6. The summed E-state index contributed by atoms with van der Waals surface area (Å²) in [6.45, 7) is 2.94. The molecule has 0 unspecified atom stereocenters. The van der Waals surface area contributed by atoms with Crippen LogP contribution >= 0.6 is 0 Å². The van der Waals surface area contributed by atoms with Gasteiger partial charge in [-0.3, -0.25) is 48.1 Å². The number of hydrogen-bond donors (Lipinski definition) is 11. The number of fused-ring (bicyclic) bond motifs is 2. The monoisotopic (exact) mass is 1010 g/mol. The van der Waals surface area contributed by atoms with Gasteiger partial charge in [0.15, 0.2) is 5.96 Å². The van der Waals surface area contributed by atoms with Crippen molar-refractivity contribution >= 4 is 69.9 Å². The number of hydrogen-bond acceptors (Lipinski definition) is 11. The third kappa shape index (κ3) is 17.4. The van der Waals surface area contributed by atoms with Gasteiger partial charge in [-0.15, -0.1) is 0 Å². The van der Waals surface area contributed by atoms with Crippen molar-refractivity contribution < 1.29 is 48.3 Å². The number of amides is 8. The lowest BCUT2D eigenvalue weighted by atomic mass is 10.00. The molecule has 0 aliphatic carbocycles. The molecule has 3 aromatic rings. The lowest BCUT2D eigenvalue weighted by molar-refractivity contribution is -0.143. The number of ketones is 1. The van der Waals surface area contributed by atoms with E-state index in [-0.39, 0.29) is 89.0 Å². The number of nitrogens with one attached hydrogen (secondary N) is 7. The second kappa shape index (κ2) is 28.0. The second-order valence-electron chi connectivity index (χ2n) is 18.9. The highest BCUT2D eigenvalue weighted by Gasteiger charge is 2.43. The number of unbranched alkanes of at least 4 members (excludes halogenated alkanes) is 1. The number of aromatic nitrogens is 1. The normalized spacial score (nSPS) is 23.7. The van der Waals surface area contributed by atoms with Crippen molar-refractivity contribution in [3.05, 3.63) is 71.9 Å². The van der Waals surface area contributed by atoms with E-state index in [2.05, 4.69) is 41.9 Å². The summed E-state index contributed by atoms with van der Waals surface area (Å²) in [4.78, 5) is 133. The van der Waals surface area contributed by atoms with Gasteiger partial charge in [0.2, 0.25) is 47.3 Å². The Hall–Kier alpha value is -7.36. The van der Waals surface area contributed by atoms with Crippen molar-refractivity contribution in [2.45, 2.75) is 159 Å². The van der Waals surface area contributed by atoms with Crippen LogP contribution in [0.1, 0.15) is 108 Å². The van der Waals surface area contributed by atoms with Crippen molar-refractivity contribution in [2.75, 3.05) is 13.1 Å². The van der Waals surface area contributed by atoms with Crippen molar-refractivity contribution in [3.8, 4) is 0 Å². The van der Waals surface area contributed by atoms with E-state index in [1.54, 1.807) is 36.5 Å². The van der Waals surface area contributed by atoms with Gasteiger partial charge < -0.3 is 64.1 Å². The third-order valence-corrected chi connectivity index (χ3v) is 13.1. The van der Waals surface area contributed by atoms with Gasteiger partial charge in [-0.1, -0.05) is 81.1 Å². The first-order valence-electron chi connectivity index (χ1n) is 25.2. The number of primary amides is 1. The number of aliphatic imine (C=N–C) groups is 1. The lowest BCUT2D eigenvalue weighted by Crippen LogP contribution is -2.60. The Labute approximate surface area is 424 Å². The topological polar surface area (TPSA) is 355 Å². The molecule has 0 radical (unpaired) electrons. The van der Waals surface area contributed by atoms with E-state index in [0.29, 0.717) is 43.2 Å². The van der Waals surface area contributed by atoms with Gasteiger partial charge in [0.05, 0.1) is 6.10 Å². The summed E-state index contributed by atoms with van der Waals surface area (Å²) in [6, 6.07) is 7.20. The van der Waals surface area contributed by atoms with Gasteiger partial charge >= 0.3 is 0 Å². The maximum absolute atomic E-state index is 14.6. The Morgan fingerprint density at radius 2 is 1.47 bits per heavy atom. The zero-order valence-corrected chi connectivity index (χ0v) is 41.7. The number of nitrogens with zero attached hydrogens (tertiary/aromatic N) is 2. The van der Waals surface area contributed by atoms with Gasteiger partial charge in [0.25, 0.3) is 0 Å². The minimum absolute atomic E-state index is 0.0420. The fourth-order valence-corrected chi connectivity index (χ4v) is 9.17. The molecular formula is C51H72N12O10. The van der Waals surface area contributed by atoms with E-state index in [4.69, 9.17) is 17.2 Å². The molecule has 73 heavy (non-hydrogen) atoms. The minimum atomic E-state index is -1.38. The Balaban J connectivity index is 1.52. The molecule has 2 fully saturated rings. The highest BCUT2D eigenvalue weighted by atomic mass is 16.3. The first-order valence-corrected chi connectivity index (χ1v) is 25.2. The lowest BCUT2D eigenvalue weighted by Gasteiger charge is -2.31. The van der Waals surface area contributed by atoms with Crippen molar-refractivity contribution in [1.29, 1.82) is 0 Å². The van der Waals surface area contributed by atoms with E-state index < -0.39 is 95.7 Å². The molecule has 0 spiro atoms. The summed E-state index contributed by atoms with van der Waals surface area (Å²) in [5, 5.41) is 28.2. The number of aliphatic hydroxyl groups is 1. The molecule has 1 aromatic heterocycles. The predicted molar refractivity (Wildman–Crippen MR) is 271 cm³/mol. The number of carbonyl (C=O) groups excluding carboxylic acids is 9. The average Bonchev–Trinajstić information content (AvgIpc) is 3.96. The molecule has 396 valence electrons. The van der Waals surface area contributed by atoms with Crippen molar-refractivity contribution in [3.63, 3.8) is 0 Å². The number of Topliss-reactive ketones (excluding diaryl/α,β-unsaturated/α-hetero) is 1. The largest absolute Gasteiger partial charge is 0.391 e. The van der Waals surface area contributed by atoms with Crippen LogP contribution in [0.4, 0.5) is 0 Å². The zero-order chi connectivity index (χ0) is 53.0. The van der Waals surface area contributed by atoms with Gasteiger partial charge in [-0.25, -0.2) is 0 Å². The number of rotatable bonds is 15. The minimum Gasteiger partial charge on any atom is -0.391 e. The Morgan fingerprint density at radius 3 is 2.18 bits per heavy atom. The second-order valence-corrected chi connectivity index (χ2v) is 18.9. The number of aliphatic hydroxyl groups excluding tert-OH is 1. The maximum Gasteiger partial charge on any atom is 0.245 e. The molecule has 0 saturated carbocycles. The molecule has 2 aromatic carbocycles. The van der Waals surface area contributed by atoms with Gasteiger partial charge in [0.1, 0.15) is 48.1 Å². The summed E-state index contributed by atoms with van der Waals surface area (Å²) >= 11 is 0. The summed E-state index contributed by atoms with van der Waals surface area (Å²) < 4.78 is 0. The molecular weight excluding hydrogens is 941 g/mol. The molecule has 2 aliphatic rings. The number of H-pyrrole nitrogens is 1. The van der Waals surface area contributed by atoms with Gasteiger partial charge in [-0.05, 0) is 55.7 Å². The molecule has 2 saturated heterocycles. The van der Waals surface area contributed by atoms with Crippen LogP contribution < -0.4 is 49.1 Å². The average molecular weight is 1010 g/mol. The molecule has 3 heterocycles. The number of guanidine groups is 1. The van der Waals surface area contributed by atoms with Crippen LogP contribution in [0.2, 0.25) is 0 Å². The number of carbonyl (C=O) groups is 9.